The fourth-order valence-electron chi connectivity index (χ4n) is 3.05. The molecule has 0 saturated carbocycles. The topological polar surface area (TPSA) is 117 Å². The van der Waals surface area contributed by atoms with Crippen molar-refractivity contribution in [2.75, 3.05) is 27.6 Å². The van der Waals surface area contributed by atoms with Gasteiger partial charge >= 0.3 is 5.97 Å². The molecule has 146 valence electrons. The number of carbonyl (C=O) groups excluding carboxylic acids is 1. The zero-order valence-corrected chi connectivity index (χ0v) is 15.2. The first-order valence-corrected chi connectivity index (χ1v) is 8.28. The van der Waals surface area contributed by atoms with Gasteiger partial charge in [-0.25, -0.2) is 4.79 Å². The summed E-state index contributed by atoms with van der Waals surface area (Å²) in [5.74, 6) is 1.01. The van der Waals surface area contributed by atoms with Gasteiger partial charge in [0.15, 0.2) is 17.2 Å². The van der Waals surface area contributed by atoms with Crippen LogP contribution in [0.3, 0.4) is 0 Å². The van der Waals surface area contributed by atoms with Crippen LogP contribution in [0.2, 0.25) is 0 Å². The van der Waals surface area contributed by atoms with E-state index < -0.39 is 12.1 Å². The molecule has 0 bridgehead atoms. The molecule has 1 aromatic carbocycles. The molecule has 10 nitrogen and oxygen atoms in total. The number of rotatable bonds is 7. The van der Waals surface area contributed by atoms with Crippen molar-refractivity contribution in [3.05, 3.63) is 11.1 Å². The smallest absolute Gasteiger partial charge is 0.356 e. The van der Waals surface area contributed by atoms with Gasteiger partial charge < -0.3 is 33.7 Å². The number of fused-ring (bicyclic) bond motifs is 1. The summed E-state index contributed by atoms with van der Waals surface area (Å²) in [5, 5.41) is 16.0. The molecule has 1 N–H and O–H groups in total. The molecule has 0 unspecified atom stereocenters. The quantitative estimate of drug-likeness (QED) is 0.327. The summed E-state index contributed by atoms with van der Waals surface area (Å²) in [5.41, 5.74) is 1.28. The standard InChI is InChI=1S/C17H20N2O8/c1-4-24-17(20)12-6-9(27-19-12)5-10-11(7-18-21)14(23-3)16-15(13(10)22-2)25-8-26-16/h7,9,21H,4-6,8H2,1-3H3/b18-7+/t9-/m0/s1. The number of oxime groups is 2. The summed E-state index contributed by atoms with van der Waals surface area (Å²) in [4.78, 5) is 17.2. The van der Waals surface area contributed by atoms with Gasteiger partial charge in [0.2, 0.25) is 18.3 Å². The maximum absolute atomic E-state index is 11.8. The van der Waals surface area contributed by atoms with E-state index in [1.807, 2.05) is 0 Å². The molecule has 0 saturated heterocycles. The van der Waals surface area contributed by atoms with Crippen molar-refractivity contribution >= 4 is 17.9 Å². The lowest BCUT2D eigenvalue weighted by Crippen LogP contribution is -2.20. The molecule has 0 amide bonds. The average Bonchev–Trinajstić information content (AvgIpc) is 3.32. The molecule has 1 atom stereocenters. The summed E-state index contributed by atoms with van der Waals surface area (Å²) in [6.45, 7) is 1.99. The highest BCUT2D eigenvalue weighted by atomic mass is 16.7. The Hall–Kier alpha value is -3.17. The zero-order chi connectivity index (χ0) is 19.4. The monoisotopic (exact) mass is 380 g/mol. The van der Waals surface area contributed by atoms with Crippen LogP contribution >= 0.6 is 0 Å². The van der Waals surface area contributed by atoms with E-state index in [4.69, 9.17) is 33.7 Å². The van der Waals surface area contributed by atoms with Crippen LogP contribution in [0.1, 0.15) is 24.5 Å². The number of hydrogen-bond donors (Lipinski definition) is 1. The first-order chi connectivity index (χ1) is 13.1. The predicted octanol–water partition coefficient (Wildman–Crippen LogP) is 1.49. The molecular weight excluding hydrogens is 360 g/mol. The van der Waals surface area contributed by atoms with E-state index in [0.717, 1.165) is 0 Å². The van der Waals surface area contributed by atoms with Gasteiger partial charge in [0, 0.05) is 24.0 Å². The predicted molar refractivity (Wildman–Crippen MR) is 92.3 cm³/mol. The van der Waals surface area contributed by atoms with Crippen molar-refractivity contribution in [2.24, 2.45) is 10.3 Å². The number of ether oxygens (including phenoxy) is 5. The number of methoxy groups -OCH3 is 2. The molecule has 0 aromatic heterocycles. The molecule has 2 aliphatic rings. The van der Waals surface area contributed by atoms with Crippen LogP contribution in [0.5, 0.6) is 23.0 Å². The van der Waals surface area contributed by atoms with Crippen LogP contribution in [0.15, 0.2) is 10.3 Å². The Bertz CT molecular complexity index is 790. The van der Waals surface area contributed by atoms with Gasteiger partial charge in [0.05, 0.1) is 27.0 Å². The average molecular weight is 380 g/mol. The van der Waals surface area contributed by atoms with Gasteiger partial charge in [-0.2, -0.15) is 0 Å². The Morgan fingerprint density at radius 2 is 2.00 bits per heavy atom. The number of hydrogen-bond acceptors (Lipinski definition) is 10. The van der Waals surface area contributed by atoms with Crippen molar-refractivity contribution in [3.8, 4) is 23.0 Å². The highest BCUT2D eigenvalue weighted by Gasteiger charge is 2.34. The Balaban J connectivity index is 1.94. The van der Waals surface area contributed by atoms with Crippen LogP contribution in [-0.2, 0) is 20.8 Å². The Morgan fingerprint density at radius 1 is 1.30 bits per heavy atom. The minimum atomic E-state index is -0.507. The number of benzene rings is 1. The zero-order valence-electron chi connectivity index (χ0n) is 15.2. The molecule has 2 heterocycles. The summed E-state index contributed by atoms with van der Waals surface area (Å²) in [6.07, 6.45) is 1.35. The molecule has 2 aliphatic heterocycles. The Labute approximate surface area is 155 Å². The van der Waals surface area contributed by atoms with Crippen molar-refractivity contribution in [1.82, 2.24) is 0 Å². The van der Waals surface area contributed by atoms with Crippen LogP contribution in [0.4, 0.5) is 0 Å². The minimum Gasteiger partial charge on any atom is -0.492 e. The van der Waals surface area contributed by atoms with Gasteiger partial charge in [-0.1, -0.05) is 10.3 Å². The first-order valence-electron chi connectivity index (χ1n) is 8.28. The van der Waals surface area contributed by atoms with Crippen LogP contribution < -0.4 is 18.9 Å². The fourth-order valence-corrected chi connectivity index (χ4v) is 3.05. The third-order valence-electron chi connectivity index (χ3n) is 4.14. The molecule has 0 spiro atoms. The van der Waals surface area contributed by atoms with Crippen molar-refractivity contribution in [2.45, 2.75) is 25.9 Å². The third-order valence-corrected chi connectivity index (χ3v) is 4.14. The normalized spacial score (nSPS) is 17.6. The fraction of sp³-hybridized carbons (Fsp3) is 0.471. The van der Waals surface area contributed by atoms with E-state index in [1.54, 1.807) is 6.92 Å². The van der Waals surface area contributed by atoms with Crippen LogP contribution in [0.25, 0.3) is 0 Å². The largest absolute Gasteiger partial charge is 0.492 e. The van der Waals surface area contributed by atoms with E-state index in [2.05, 4.69) is 10.3 Å². The second kappa shape index (κ2) is 8.02. The van der Waals surface area contributed by atoms with Gasteiger partial charge in [0.25, 0.3) is 0 Å². The number of esters is 1. The summed E-state index contributed by atoms with van der Waals surface area (Å²) in [7, 11) is 2.96. The number of carbonyl (C=O) groups is 1. The molecule has 0 radical (unpaired) electrons. The molecule has 3 rings (SSSR count). The van der Waals surface area contributed by atoms with Gasteiger partial charge in [-0.05, 0) is 6.92 Å². The van der Waals surface area contributed by atoms with Gasteiger partial charge in [0.1, 0.15) is 6.10 Å². The van der Waals surface area contributed by atoms with Crippen LogP contribution in [-0.4, -0.2) is 56.8 Å². The molecule has 27 heavy (non-hydrogen) atoms. The number of nitrogens with zero attached hydrogens (tertiary/aromatic N) is 2. The van der Waals surface area contributed by atoms with E-state index in [1.165, 1.54) is 20.4 Å². The highest BCUT2D eigenvalue weighted by molar-refractivity contribution is 6.36. The van der Waals surface area contributed by atoms with E-state index in [-0.39, 0.29) is 25.5 Å². The maximum Gasteiger partial charge on any atom is 0.356 e. The van der Waals surface area contributed by atoms with Gasteiger partial charge in [-0.15, -0.1) is 0 Å². The van der Waals surface area contributed by atoms with E-state index >= 15 is 0 Å². The molecule has 0 aliphatic carbocycles. The molecule has 10 heteroatoms. The summed E-state index contributed by atoms with van der Waals surface area (Å²) >= 11 is 0. The first kappa shape index (κ1) is 18.6. The van der Waals surface area contributed by atoms with Crippen molar-refractivity contribution in [1.29, 1.82) is 0 Å². The highest BCUT2D eigenvalue weighted by Crippen LogP contribution is 2.52. The third kappa shape index (κ3) is 3.42. The molecule has 1 aromatic rings. The van der Waals surface area contributed by atoms with E-state index in [0.29, 0.717) is 40.5 Å². The van der Waals surface area contributed by atoms with Crippen molar-refractivity contribution < 1.29 is 38.5 Å². The second-order valence-electron chi connectivity index (χ2n) is 5.66. The maximum atomic E-state index is 11.8. The Morgan fingerprint density at radius 3 is 2.63 bits per heavy atom. The lowest BCUT2D eigenvalue weighted by atomic mass is 9.96. The lowest BCUT2D eigenvalue weighted by Gasteiger charge is -2.19. The SMILES string of the molecule is CCOC(=O)C1=NO[C@@H](Cc2c(/C=N/O)c(OC)c3c(c2OC)OCO3)C1. The van der Waals surface area contributed by atoms with Crippen molar-refractivity contribution in [3.63, 3.8) is 0 Å². The lowest BCUT2D eigenvalue weighted by molar-refractivity contribution is -0.135. The van der Waals surface area contributed by atoms with E-state index in [9.17, 15) is 4.79 Å². The van der Waals surface area contributed by atoms with Gasteiger partial charge in [-0.3, -0.25) is 0 Å². The summed E-state index contributed by atoms with van der Waals surface area (Å²) in [6, 6.07) is 0. The van der Waals surface area contributed by atoms with Crippen LogP contribution in [0, 0.1) is 0 Å². The second-order valence-corrected chi connectivity index (χ2v) is 5.66. The Kier molecular flexibility index (Phi) is 5.53. The molecular formula is C17H20N2O8. The molecule has 0 fully saturated rings. The summed E-state index contributed by atoms with van der Waals surface area (Å²) < 4.78 is 26.9. The minimum absolute atomic E-state index is 0.0112.